The topological polar surface area (TPSA) is 68.8 Å². The number of anilines is 1. The predicted molar refractivity (Wildman–Crippen MR) is 98.8 cm³/mol. The van der Waals surface area contributed by atoms with Crippen LogP contribution in [0.5, 0.6) is 0 Å². The summed E-state index contributed by atoms with van der Waals surface area (Å²) in [6.45, 7) is 1.77. The van der Waals surface area contributed by atoms with Crippen LogP contribution in [0, 0.1) is 6.92 Å². The van der Waals surface area contributed by atoms with E-state index in [-0.39, 0.29) is 24.7 Å². The van der Waals surface area contributed by atoms with Gasteiger partial charge >= 0.3 is 6.18 Å². The molecule has 1 saturated carbocycles. The van der Waals surface area contributed by atoms with Gasteiger partial charge in [0.05, 0.1) is 22.8 Å². The SMILES string of the molecule is Cc1nn(C)c2nc(C3CC3)cc(C(=O)N3CCC(C(F)(F)F)n4nccc43)c12. The van der Waals surface area contributed by atoms with Crippen molar-refractivity contribution in [3.8, 4) is 0 Å². The Labute approximate surface area is 164 Å². The van der Waals surface area contributed by atoms with Crippen molar-refractivity contribution in [1.82, 2.24) is 24.5 Å². The van der Waals surface area contributed by atoms with E-state index < -0.39 is 12.2 Å². The van der Waals surface area contributed by atoms with E-state index in [2.05, 4.69) is 15.2 Å². The summed E-state index contributed by atoms with van der Waals surface area (Å²) in [6.07, 6.45) is -1.31. The Morgan fingerprint density at radius 3 is 2.69 bits per heavy atom. The first kappa shape index (κ1) is 18.1. The first-order valence-corrected chi connectivity index (χ1v) is 9.52. The van der Waals surface area contributed by atoms with E-state index in [1.54, 1.807) is 24.7 Å². The summed E-state index contributed by atoms with van der Waals surface area (Å²) < 4.78 is 42.7. The standard InChI is InChI=1S/C19H19F3N6O/c1-10-16-12(9-13(11-3-4-11)24-17(16)26(2)25-10)18(29)27-8-6-14(19(20,21)22)28-15(27)5-7-23-28/h5,7,9,11,14H,3-4,6,8H2,1-2H3. The molecule has 152 valence electrons. The molecular weight excluding hydrogens is 385 g/mol. The van der Waals surface area contributed by atoms with Crippen LogP contribution in [0.1, 0.15) is 53.0 Å². The molecule has 10 heteroatoms. The van der Waals surface area contributed by atoms with Crippen molar-refractivity contribution in [2.45, 2.75) is 44.3 Å². The van der Waals surface area contributed by atoms with Crippen LogP contribution in [0.2, 0.25) is 0 Å². The second-order valence-electron chi connectivity index (χ2n) is 7.71. The van der Waals surface area contributed by atoms with Gasteiger partial charge in [-0.25, -0.2) is 9.67 Å². The first-order valence-electron chi connectivity index (χ1n) is 9.52. The number of hydrogen-bond acceptors (Lipinski definition) is 4. The van der Waals surface area contributed by atoms with Crippen molar-refractivity contribution in [3.63, 3.8) is 0 Å². The van der Waals surface area contributed by atoms with Crippen molar-refractivity contribution in [2.75, 3.05) is 11.4 Å². The highest BCUT2D eigenvalue weighted by Gasteiger charge is 2.46. The number of halogens is 3. The fraction of sp³-hybridized carbons (Fsp3) is 0.474. The van der Waals surface area contributed by atoms with Crippen LogP contribution < -0.4 is 4.90 Å². The lowest BCUT2D eigenvalue weighted by Crippen LogP contribution is -2.43. The number of pyridine rings is 1. The number of nitrogens with zero attached hydrogens (tertiary/aromatic N) is 6. The fourth-order valence-corrected chi connectivity index (χ4v) is 4.12. The van der Waals surface area contributed by atoms with Crippen molar-refractivity contribution in [1.29, 1.82) is 0 Å². The molecule has 7 nitrogen and oxygen atoms in total. The number of carbonyl (C=O) groups excluding carboxylic acids is 1. The largest absolute Gasteiger partial charge is 0.410 e. The number of fused-ring (bicyclic) bond motifs is 2. The van der Waals surface area contributed by atoms with Crippen LogP contribution in [0.15, 0.2) is 18.3 Å². The second-order valence-corrected chi connectivity index (χ2v) is 7.71. The van der Waals surface area contributed by atoms with Gasteiger partial charge in [0, 0.05) is 31.3 Å². The van der Waals surface area contributed by atoms with Crippen LogP contribution >= 0.6 is 0 Å². The van der Waals surface area contributed by atoms with Gasteiger partial charge in [0.25, 0.3) is 5.91 Å². The molecule has 0 bridgehead atoms. The lowest BCUT2D eigenvalue weighted by Gasteiger charge is -2.34. The van der Waals surface area contributed by atoms with Gasteiger partial charge in [-0.3, -0.25) is 14.4 Å². The van der Waals surface area contributed by atoms with Crippen LogP contribution in [0.3, 0.4) is 0 Å². The molecule has 2 aliphatic rings. The Bertz CT molecular complexity index is 1130. The van der Waals surface area contributed by atoms with E-state index in [9.17, 15) is 18.0 Å². The quantitative estimate of drug-likeness (QED) is 0.656. The van der Waals surface area contributed by atoms with E-state index in [0.29, 0.717) is 28.2 Å². The zero-order chi connectivity index (χ0) is 20.5. The highest BCUT2D eigenvalue weighted by Crippen LogP contribution is 2.42. The van der Waals surface area contributed by atoms with E-state index in [1.165, 1.54) is 17.2 Å². The highest BCUT2D eigenvalue weighted by molar-refractivity contribution is 6.13. The molecule has 4 heterocycles. The Balaban J connectivity index is 1.62. The average molecular weight is 404 g/mol. The van der Waals surface area contributed by atoms with Crippen molar-refractivity contribution in [3.05, 3.63) is 35.3 Å². The maximum absolute atomic E-state index is 13.5. The minimum absolute atomic E-state index is 0.0312. The lowest BCUT2D eigenvalue weighted by molar-refractivity contribution is -0.172. The third kappa shape index (κ3) is 2.80. The van der Waals surface area contributed by atoms with Gasteiger partial charge in [-0.2, -0.15) is 23.4 Å². The number of aromatic nitrogens is 5. The van der Waals surface area contributed by atoms with Crippen LogP contribution in [0.25, 0.3) is 11.0 Å². The van der Waals surface area contributed by atoms with Gasteiger partial charge in [0.15, 0.2) is 11.7 Å². The average Bonchev–Trinajstić information content (AvgIpc) is 3.33. The molecule has 0 radical (unpaired) electrons. The summed E-state index contributed by atoms with van der Waals surface area (Å²) in [5.74, 6) is 0.128. The molecular formula is C19H19F3N6O. The van der Waals surface area contributed by atoms with Crippen molar-refractivity contribution in [2.24, 2.45) is 7.05 Å². The highest BCUT2D eigenvalue weighted by atomic mass is 19.4. The van der Waals surface area contributed by atoms with Gasteiger partial charge in [0.2, 0.25) is 0 Å². The monoisotopic (exact) mass is 404 g/mol. The smallest absolute Gasteiger partial charge is 0.293 e. The van der Waals surface area contributed by atoms with E-state index in [1.807, 2.05) is 0 Å². The number of carbonyl (C=O) groups is 1. The van der Waals surface area contributed by atoms with Crippen LogP contribution in [-0.2, 0) is 7.05 Å². The van der Waals surface area contributed by atoms with Gasteiger partial charge in [-0.15, -0.1) is 0 Å². The zero-order valence-electron chi connectivity index (χ0n) is 15.9. The van der Waals surface area contributed by atoms with E-state index in [0.717, 1.165) is 23.2 Å². The molecule has 0 N–H and O–H groups in total. The summed E-state index contributed by atoms with van der Waals surface area (Å²) in [4.78, 5) is 19.6. The molecule has 1 aliphatic heterocycles. The van der Waals surface area contributed by atoms with Crippen molar-refractivity contribution >= 4 is 22.8 Å². The molecule has 1 fully saturated rings. The normalized spacial score (nSPS) is 19.6. The third-order valence-corrected chi connectivity index (χ3v) is 5.68. The molecule has 0 saturated heterocycles. The maximum atomic E-state index is 13.5. The third-order valence-electron chi connectivity index (χ3n) is 5.68. The first-order chi connectivity index (χ1) is 13.8. The fourth-order valence-electron chi connectivity index (χ4n) is 4.12. The minimum atomic E-state index is -4.42. The Kier molecular flexibility index (Phi) is 3.78. The predicted octanol–water partition coefficient (Wildman–Crippen LogP) is 3.50. The molecule has 5 rings (SSSR count). The molecule has 3 aromatic rings. The molecule has 29 heavy (non-hydrogen) atoms. The summed E-state index contributed by atoms with van der Waals surface area (Å²) in [6, 6.07) is 1.51. The summed E-state index contributed by atoms with van der Waals surface area (Å²) in [5, 5.41) is 8.88. The maximum Gasteiger partial charge on any atom is 0.410 e. The van der Waals surface area contributed by atoms with E-state index in [4.69, 9.17) is 0 Å². The molecule has 1 aliphatic carbocycles. The van der Waals surface area contributed by atoms with Gasteiger partial charge in [-0.05, 0) is 32.3 Å². The van der Waals surface area contributed by atoms with Gasteiger partial charge in [-0.1, -0.05) is 0 Å². The lowest BCUT2D eigenvalue weighted by atomic mass is 10.0. The number of hydrogen-bond donors (Lipinski definition) is 0. The van der Waals surface area contributed by atoms with Crippen LogP contribution in [-0.4, -0.2) is 43.2 Å². The van der Waals surface area contributed by atoms with Gasteiger partial charge in [0.1, 0.15) is 5.82 Å². The summed E-state index contributed by atoms with van der Waals surface area (Å²) >= 11 is 0. The Hall–Kier alpha value is -2.91. The molecule has 0 aromatic carbocycles. The number of amides is 1. The Morgan fingerprint density at radius 1 is 1.24 bits per heavy atom. The minimum Gasteiger partial charge on any atom is -0.293 e. The number of rotatable bonds is 2. The second kappa shape index (κ2) is 6.04. The summed E-state index contributed by atoms with van der Waals surface area (Å²) in [5.41, 5.74) is 2.55. The molecule has 1 atom stereocenters. The molecule has 3 aromatic heterocycles. The summed E-state index contributed by atoms with van der Waals surface area (Å²) in [7, 11) is 1.77. The molecule has 1 amide bonds. The van der Waals surface area contributed by atoms with Crippen LogP contribution in [0.4, 0.5) is 19.0 Å². The van der Waals surface area contributed by atoms with E-state index >= 15 is 0 Å². The Morgan fingerprint density at radius 2 is 2.00 bits per heavy atom. The number of aryl methyl sites for hydroxylation is 2. The van der Waals surface area contributed by atoms with Gasteiger partial charge < -0.3 is 0 Å². The zero-order valence-corrected chi connectivity index (χ0v) is 15.9. The number of alkyl halides is 3. The van der Waals surface area contributed by atoms with Crippen molar-refractivity contribution < 1.29 is 18.0 Å². The molecule has 1 unspecified atom stereocenters. The molecule has 0 spiro atoms.